The topological polar surface area (TPSA) is 176 Å². The zero-order valence-corrected chi connectivity index (χ0v) is 34.5. The Morgan fingerprint density at radius 1 is 0.926 bits per heavy atom. The van der Waals surface area contributed by atoms with Gasteiger partial charge in [-0.3, -0.25) is 19.2 Å². The van der Waals surface area contributed by atoms with Crippen molar-refractivity contribution in [2.24, 2.45) is 23.7 Å². The van der Waals surface area contributed by atoms with Crippen molar-refractivity contribution in [2.75, 3.05) is 42.0 Å². The molecular weight excluding hydrogens is 694 g/mol. The first-order valence-corrected chi connectivity index (χ1v) is 19.2. The number of amides is 4. The van der Waals surface area contributed by atoms with Crippen LogP contribution in [0.5, 0.6) is 5.75 Å². The summed E-state index contributed by atoms with van der Waals surface area (Å²) in [6.07, 6.45) is 0.620. The number of methoxy groups -OCH3 is 3. The molecule has 14 heteroatoms. The van der Waals surface area contributed by atoms with Crippen LogP contribution in [0, 0.1) is 23.7 Å². The van der Waals surface area contributed by atoms with Crippen LogP contribution in [0.3, 0.4) is 0 Å². The molecular formula is C40H67N5O9. The van der Waals surface area contributed by atoms with E-state index >= 15 is 0 Å². The van der Waals surface area contributed by atoms with Crippen LogP contribution in [-0.2, 0) is 39.9 Å². The monoisotopic (exact) mass is 761 g/mol. The van der Waals surface area contributed by atoms with Crippen molar-refractivity contribution in [3.63, 3.8) is 0 Å². The van der Waals surface area contributed by atoms with Crippen molar-refractivity contribution >= 4 is 29.6 Å². The fourth-order valence-electron chi connectivity index (χ4n) is 7.64. The maximum absolute atomic E-state index is 14.2. The van der Waals surface area contributed by atoms with Crippen molar-refractivity contribution < 1.29 is 43.3 Å². The molecule has 14 nitrogen and oxygen atoms in total. The summed E-state index contributed by atoms with van der Waals surface area (Å²) >= 11 is 0. The normalized spacial score (nSPS) is 18.9. The Hall–Kier alpha value is -3.75. The second-order valence-electron chi connectivity index (χ2n) is 15.2. The minimum absolute atomic E-state index is 0.0165. The Morgan fingerprint density at radius 3 is 2.07 bits per heavy atom. The van der Waals surface area contributed by atoms with Gasteiger partial charge in [0.1, 0.15) is 17.8 Å². The molecule has 4 amide bonds. The van der Waals surface area contributed by atoms with Crippen molar-refractivity contribution in [1.82, 2.24) is 25.8 Å². The van der Waals surface area contributed by atoms with Gasteiger partial charge in [-0.15, -0.1) is 0 Å². The average Bonchev–Trinajstić information content (AvgIpc) is 3.62. The number of carbonyl (C=O) groups is 5. The number of para-hydroxylation sites is 1. The van der Waals surface area contributed by atoms with E-state index in [1.165, 1.54) is 21.3 Å². The molecule has 1 aromatic rings. The molecule has 8 unspecified atom stereocenters. The SMILES string of the molecule is CCC(C)C(C(CC(=O)N1CCC[C@H]1C(OC)C(C)C(=O)NC(Cc1ccccc1OC)C(=O)O)OC)N(C)C(=O)C(NC(=O)C(NC)C(C)C)C(C)C. The molecule has 0 aromatic heterocycles. The molecule has 1 aliphatic heterocycles. The van der Waals surface area contributed by atoms with Crippen LogP contribution in [0.4, 0.5) is 0 Å². The first-order valence-electron chi connectivity index (χ1n) is 19.2. The van der Waals surface area contributed by atoms with E-state index in [-0.39, 0.29) is 48.3 Å². The molecule has 0 bridgehead atoms. The summed E-state index contributed by atoms with van der Waals surface area (Å²) in [6.45, 7) is 13.8. The van der Waals surface area contributed by atoms with Gasteiger partial charge < -0.3 is 45.1 Å². The molecule has 4 N–H and O–H groups in total. The summed E-state index contributed by atoms with van der Waals surface area (Å²) in [5.74, 6) is -2.90. The van der Waals surface area contributed by atoms with Gasteiger partial charge in [-0.05, 0) is 49.3 Å². The average molecular weight is 762 g/mol. The Bertz CT molecular complexity index is 1390. The van der Waals surface area contributed by atoms with Gasteiger partial charge in [-0.2, -0.15) is 0 Å². The van der Waals surface area contributed by atoms with E-state index in [0.29, 0.717) is 37.1 Å². The second kappa shape index (κ2) is 22.0. The number of ether oxygens (including phenoxy) is 3. The lowest BCUT2D eigenvalue weighted by Crippen LogP contribution is -2.59. The Kier molecular flexibility index (Phi) is 18.9. The van der Waals surface area contributed by atoms with E-state index < -0.39 is 60.2 Å². The molecule has 9 atom stereocenters. The number of carbonyl (C=O) groups excluding carboxylic acids is 4. The summed E-state index contributed by atoms with van der Waals surface area (Å²) in [4.78, 5) is 70.7. The summed E-state index contributed by atoms with van der Waals surface area (Å²) < 4.78 is 17.2. The molecule has 1 fully saturated rings. The molecule has 1 aliphatic rings. The minimum Gasteiger partial charge on any atom is -0.496 e. The van der Waals surface area contributed by atoms with Gasteiger partial charge in [0, 0.05) is 34.2 Å². The van der Waals surface area contributed by atoms with Crippen LogP contribution in [0.25, 0.3) is 0 Å². The summed E-state index contributed by atoms with van der Waals surface area (Å²) in [5.41, 5.74) is 0.644. The molecule has 54 heavy (non-hydrogen) atoms. The Morgan fingerprint density at radius 2 is 1.56 bits per heavy atom. The lowest BCUT2D eigenvalue weighted by molar-refractivity contribution is -0.148. The maximum atomic E-state index is 14.2. The number of likely N-dealkylation sites (N-methyl/N-ethyl adjacent to an activating group) is 2. The summed E-state index contributed by atoms with van der Waals surface area (Å²) in [5, 5.41) is 18.7. The first-order chi connectivity index (χ1) is 25.5. The van der Waals surface area contributed by atoms with Crippen molar-refractivity contribution in [1.29, 1.82) is 0 Å². The highest BCUT2D eigenvalue weighted by Crippen LogP contribution is 2.30. The molecule has 1 saturated heterocycles. The molecule has 0 saturated carbocycles. The Labute approximate surface area is 322 Å². The van der Waals surface area contributed by atoms with Crippen LogP contribution in [-0.4, -0.2) is 129 Å². The van der Waals surface area contributed by atoms with E-state index in [1.54, 1.807) is 55.1 Å². The number of likely N-dealkylation sites (tertiary alicyclic amines) is 1. The lowest BCUT2D eigenvalue weighted by atomic mass is 9.89. The van der Waals surface area contributed by atoms with Crippen LogP contribution in [0.1, 0.15) is 79.7 Å². The van der Waals surface area contributed by atoms with Crippen LogP contribution < -0.4 is 20.7 Å². The molecule has 1 aromatic carbocycles. The largest absolute Gasteiger partial charge is 0.496 e. The number of carboxylic acids is 1. The number of hydrogen-bond donors (Lipinski definition) is 4. The van der Waals surface area contributed by atoms with Gasteiger partial charge in [0.25, 0.3) is 0 Å². The summed E-state index contributed by atoms with van der Waals surface area (Å²) in [7, 11) is 7.94. The second-order valence-corrected chi connectivity index (χ2v) is 15.2. The zero-order chi connectivity index (χ0) is 40.9. The molecule has 0 aliphatic carbocycles. The molecule has 0 radical (unpaired) electrons. The highest BCUT2D eigenvalue weighted by Gasteiger charge is 2.43. The molecule has 2 rings (SSSR count). The predicted molar refractivity (Wildman–Crippen MR) is 207 cm³/mol. The van der Waals surface area contributed by atoms with Gasteiger partial charge in [0.15, 0.2) is 0 Å². The first kappa shape index (κ1) is 46.4. The number of benzene rings is 1. The minimum atomic E-state index is -1.21. The van der Waals surface area contributed by atoms with Gasteiger partial charge in [-0.25, -0.2) is 4.79 Å². The molecule has 306 valence electrons. The third kappa shape index (κ3) is 11.9. The van der Waals surface area contributed by atoms with Gasteiger partial charge in [0.05, 0.1) is 49.8 Å². The van der Waals surface area contributed by atoms with Gasteiger partial charge in [0.2, 0.25) is 23.6 Å². The maximum Gasteiger partial charge on any atom is 0.326 e. The van der Waals surface area contributed by atoms with E-state index in [0.717, 1.165) is 0 Å². The summed E-state index contributed by atoms with van der Waals surface area (Å²) in [6, 6.07) is 3.66. The van der Waals surface area contributed by atoms with E-state index in [4.69, 9.17) is 14.2 Å². The highest BCUT2D eigenvalue weighted by molar-refractivity contribution is 5.90. The number of rotatable bonds is 22. The zero-order valence-electron chi connectivity index (χ0n) is 34.5. The number of hydrogen-bond acceptors (Lipinski definition) is 9. The van der Waals surface area contributed by atoms with Gasteiger partial charge >= 0.3 is 5.97 Å². The number of aliphatic carboxylic acids is 1. The van der Waals surface area contributed by atoms with Crippen LogP contribution in [0.2, 0.25) is 0 Å². The van der Waals surface area contributed by atoms with E-state index in [9.17, 15) is 29.1 Å². The standard InChI is InChI=1S/C40H67N5O9/c1-13-25(6)35(44(9)39(49)34(24(4)5)43-38(48)33(41-8)23(2)3)31(53-11)22-32(46)45-20-16-18-29(45)36(54-12)26(7)37(47)42-28(40(50)51)21-27-17-14-15-19-30(27)52-10/h14-15,17,19,23-26,28-29,31,33-36,41H,13,16,18,20-22H2,1-12H3,(H,42,47)(H,43,48)(H,50,51)/t25?,26?,28?,29-,31?,33?,34?,35?,36?/m0/s1. The fourth-order valence-corrected chi connectivity index (χ4v) is 7.64. The number of carboxylic acid groups (broad SMARTS) is 1. The van der Waals surface area contributed by atoms with Crippen molar-refractivity contribution in [3.8, 4) is 5.75 Å². The highest BCUT2D eigenvalue weighted by atomic mass is 16.5. The number of nitrogens with one attached hydrogen (secondary N) is 3. The van der Waals surface area contributed by atoms with Crippen LogP contribution in [0.15, 0.2) is 24.3 Å². The van der Waals surface area contributed by atoms with Crippen molar-refractivity contribution in [3.05, 3.63) is 29.8 Å². The fraction of sp³-hybridized carbons (Fsp3) is 0.725. The van der Waals surface area contributed by atoms with E-state index in [1.807, 2.05) is 41.5 Å². The van der Waals surface area contributed by atoms with Gasteiger partial charge in [-0.1, -0.05) is 73.1 Å². The quantitative estimate of drug-likeness (QED) is 0.137. The third-order valence-electron chi connectivity index (χ3n) is 11.0. The van der Waals surface area contributed by atoms with Crippen LogP contribution >= 0.6 is 0 Å². The Balaban J connectivity index is 2.28. The molecule has 1 heterocycles. The predicted octanol–water partition coefficient (Wildman–Crippen LogP) is 3.11. The number of nitrogens with zero attached hydrogens (tertiary/aromatic N) is 2. The molecule has 0 spiro atoms. The van der Waals surface area contributed by atoms with Crippen molar-refractivity contribution in [2.45, 2.75) is 123 Å². The lowest BCUT2D eigenvalue weighted by Gasteiger charge is -2.41. The smallest absolute Gasteiger partial charge is 0.326 e. The van der Waals surface area contributed by atoms with E-state index in [2.05, 4.69) is 16.0 Å². The third-order valence-corrected chi connectivity index (χ3v) is 11.0.